The first-order valence-electron chi connectivity index (χ1n) is 7.55. The van der Waals surface area contributed by atoms with Gasteiger partial charge < -0.3 is 10.1 Å². The second-order valence-electron chi connectivity index (χ2n) is 5.85. The van der Waals surface area contributed by atoms with Crippen molar-refractivity contribution in [1.29, 1.82) is 0 Å². The zero-order valence-electron chi connectivity index (χ0n) is 12.4. The molecule has 0 aromatic carbocycles. The van der Waals surface area contributed by atoms with Crippen molar-refractivity contribution in [2.24, 2.45) is 5.92 Å². The van der Waals surface area contributed by atoms with Crippen LogP contribution in [0.3, 0.4) is 0 Å². The molecule has 1 saturated carbocycles. The lowest BCUT2D eigenvalue weighted by molar-refractivity contribution is 0.233. The van der Waals surface area contributed by atoms with Gasteiger partial charge in [-0.15, -0.1) is 0 Å². The summed E-state index contributed by atoms with van der Waals surface area (Å²) < 4.78 is 5.76. The van der Waals surface area contributed by atoms with Gasteiger partial charge in [0.2, 0.25) is 5.88 Å². The molecule has 0 saturated heterocycles. The van der Waals surface area contributed by atoms with E-state index in [2.05, 4.69) is 23.3 Å². The molecule has 106 valence electrons. The fraction of sp³-hybridized carbons (Fsp3) is 0.688. The summed E-state index contributed by atoms with van der Waals surface area (Å²) >= 11 is 0. The number of hydrogen-bond donors (Lipinski definition) is 1. The number of ether oxygens (including phenoxy) is 1. The Kier molecular flexibility index (Phi) is 5.06. The lowest BCUT2D eigenvalue weighted by Crippen LogP contribution is -2.28. The van der Waals surface area contributed by atoms with Gasteiger partial charge in [0.1, 0.15) is 0 Å². The smallest absolute Gasteiger partial charge is 0.237 e. The van der Waals surface area contributed by atoms with E-state index >= 15 is 0 Å². The molecule has 1 aromatic heterocycles. The van der Waals surface area contributed by atoms with E-state index in [-0.39, 0.29) is 6.10 Å². The Morgan fingerprint density at radius 1 is 1.21 bits per heavy atom. The molecule has 1 atom stereocenters. The van der Waals surface area contributed by atoms with E-state index in [1.54, 1.807) is 6.20 Å². The molecule has 1 fully saturated rings. The van der Waals surface area contributed by atoms with Gasteiger partial charge >= 0.3 is 0 Å². The van der Waals surface area contributed by atoms with E-state index < -0.39 is 0 Å². The summed E-state index contributed by atoms with van der Waals surface area (Å²) in [6.45, 7) is 6.34. The highest BCUT2D eigenvalue weighted by Crippen LogP contribution is 2.30. The van der Waals surface area contributed by atoms with Crippen molar-refractivity contribution < 1.29 is 4.74 Å². The van der Waals surface area contributed by atoms with Gasteiger partial charge in [0.25, 0.3) is 0 Å². The zero-order chi connectivity index (χ0) is 13.7. The number of aromatic nitrogens is 1. The second-order valence-corrected chi connectivity index (χ2v) is 5.85. The van der Waals surface area contributed by atoms with E-state index in [9.17, 15) is 0 Å². The first-order chi connectivity index (χ1) is 9.16. The Hall–Kier alpha value is -1.25. The minimum atomic E-state index is 0.153. The number of rotatable bonds is 5. The van der Waals surface area contributed by atoms with Crippen molar-refractivity contribution in [3.63, 3.8) is 0 Å². The summed E-state index contributed by atoms with van der Waals surface area (Å²) in [6, 6.07) is 4.51. The van der Waals surface area contributed by atoms with Gasteiger partial charge in [-0.05, 0) is 51.7 Å². The molecule has 0 bridgehead atoms. The van der Waals surface area contributed by atoms with E-state index in [0.717, 1.165) is 17.5 Å². The Bertz CT molecular complexity index is 386. The van der Waals surface area contributed by atoms with E-state index in [4.69, 9.17) is 4.74 Å². The van der Waals surface area contributed by atoms with E-state index in [1.165, 1.54) is 32.1 Å². The van der Waals surface area contributed by atoms with Gasteiger partial charge in [0.15, 0.2) is 0 Å². The van der Waals surface area contributed by atoms with Crippen molar-refractivity contribution in [3.05, 3.63) is 18.3 Å². The lowest BCUT2D eigenvalue weighted by atomic mass is 9.84. The maximum atomic E-state index is 5.76. The molecule has 1 aliphatic rings. The molecule has 1 aromatic rings. The highest BCUT2D eigenvalue weighted by molar-refractivity contribution is 5.52. The third kappa shape index (κ3) is 4.12. The SMILES string of the molecule is CC(C)Oc1ncccc1NC(C)C1CCCCC1. The molecule has 3 heteroatoms. The molecule has 19 heavy (non-hydrogen) atoms. The van der Waals surface area contributed by atoms with Gasteiger partial charge in [-0.1, -0.05) is 19.3 Å². The van der Waals surface area contributed by atoms with Crippen molar-refractivity contribution in [2.75, 3.05) is 5.32 Å². The fourth-order valence-corrected chi connectivity index (χ4v) is 2.82. The van der Waals surface area contributed by atoms with Gasteiger partial charge in [0.05, 0.1) is 11.8 Å². The van der Waals surface area contributed by atoms with Gasteiger partial charge in [-0.3, -0.25) is 0 Å². The molecule has 1 unspecified atom stereocenters. The van der Waals surface area contributed by atoms with Crippen LogP contribution >= 0.6 is 0 Å². The Morgan fingerprint density at radius 2 is 1.95 bits per heavy atom. The highest BCUT2D eigenvalue weighted by atomic mass is 16.5. The topological polar surface area (TPSA) is 34.1 Å². The average Bonchev–Trinajstić information content (AvgIpc) is 2.41. The standard InChI is InChI=1S/C16H26N2O/c1-12(2)19-16-15(10-7-11-17-16)18-13(3)14-8-5-4-6-9-14/h7,10-14,18H,4-6,8-9H2,1-3H3. The molecule has 0 aliphatic heterocycles. The fourth-order valence-electron chi connectivity index (χ4n) is 2.82. The van der Waals surface area contributed by atoms with Crippen LogP contribution in [-0.2, 0) is 0 Å². The molecular weight excluding hydrogens is 236 g/mol. The van der Waals surface area contributed by atoms with Crippen LogP contribution in [0.4, 0.5) is 5.69 Å². The predicted octanol–water partition coefficient (Wildman–Crippen LogP) is 4.25. The molecule has 1 heterocycles. The summed E-state index contributed by atoms with van der Waals surface area (Å²) in [6.07, 6.45) is 8.77. The number of anilines is 1. The normalized spacial score (nSPS) is 18.3. The van der Waals surface area contributed by atoms with Crippen LogP contribution in [-0.4, -0.2) is 17.1 Å². The monoisotopic (exact) mass is 262 g/mol. The quantitative estimate of drug-likeness (QED) is 0.861. The number of nitrogens with zero attached hydrogens (tertiary/aromatic N) is 1. The molecule has 0 spiro atoms. The summed E-state index contributed by atoms with van der Waals surface area (Å²) in [5.74, 6) is 1.50. The molecular formula is C16H26N2O. The summed E-state index contributed by atoms with van der Waals surface area (Å²) in [7, 11) is 0. The summed E-state index contributed by atoms with van der Waals surface area (Å²) in [4.78, 5) is 4.33. The first-order valence-corrected chi connectivity index (χ1v) is 7.55. The largest absolute Gasteiger partial charge is 0.473 e. The third-order valence-corrected chi connectivity index (χ3v) is 3.86. The second kappa shape index (κ2) is 6.78. The minimum Gasteiger partial charge on any atom is -0.473 e. The van der Waals surface area contributed by atoms with Gasteiger partial charge in [-0.25, -0.2) is 4.98 Å². The number of nitrogens with one attached hydrogen (secondary N) is 1. The highest BCUT2D eigenvalue weighted by Gasteiger charge is 2.21. The van der Waals surface area contributed by atoms with Crippen LogP contribution in [0.1, 0.15) is 52.9 Å². The van der Waals surface area contributed by atoms with Crippen LogP contribution < -0.4 is 10.1 Å². The summed E-state index contributed by atoms with van der Waals surface area (Å²) in [5, 5.41) is 3.60. The van der Waals surface area contributed by atoms with Crippen molar-refractivity contribution >= 4 is 5.69 Å². The number of pyridine rings is 1. The van der Waals surface area contributed by atoms with Crippen LogP contribution in [0.2, 0.25) is 0 Å². The van der Waals surface area contributed by atoms with Crippen molar-refractivity contribution in [2.45, 2.75) is 65.0 Å². The van der Waals surface area contributed by atoms with Crippen LogP contribution in [0.5, 0.6) is 5.88 Å². The zero-order valence-corrected chi connectivity index (χ0v) is 12.4. The molecule has 3 nitrogen and oxygen atoms in total. The van der Waals surface area contributed by atoms with E-state index in [1.807, 2.05) is 19.9 Å². The summed E-state index contributed by atoms with van der Waals surface area (Å²) in [5.41, 5.74) is 1.02. The van der Waals surface area contributed by atoms with Crippen LogP contribution in [0.15, 0.2) is 18.3 Å². The lowest BCUT2D eigenvalue weighted by Gasteiger charge is -2.29. The van der Waals surface area contributed by atoms with Gasteiger partial charge in [-0.2, -0.15) is 0 Å². The Morgan fingerprint density at radius 3 is 2.63 bits per heavy atom. The van der Waals surface area contributed by atoms with E-state index in [0.29, 0.717) is 6.04 Å². The predicted molar refractivity (Wildman–Crippen MR) is 79.7 cm³/mol. The molecule has 2 rings (SSSR count). The third-order valence-electron chi connectivity index (χ3n) is 3.86. The number of hydrogen-bond acceptors (Lipinski definition) is 3. The maximum absolute atomic E-state index is 5.76. The first kappa shape index (κ1) is 14.2. The molecule has 0 radical (unpaired) electrons. The van der Waals surface area contributed by atoms with Gasteiger partial charge in [0, 0.05) is 12.2 Å². The molecule has 1 aliphatic carbocycles. The Balaban J connectivity index is 2.01. The average molecular weight is 262 g/mol. The van der Waals surface area contributed by atoms with Crippen molar-refractivity contribution in [3.8, 4) is 5.88 Å². The molecule has 1 N–H and O–H groups in total. The Labute approximate surface area is 116 Å². The minimum absolute atomic E-state index is 0.153. The maximum Gasteiger partial charge on any atom is 0.237 e. The van der Waals surface area contributed by atoms with Crippen LogP contribution in [0.25, 0.3) is 0 Å². The van der Waals surface area contributed by atoms with Crippen LogP contribution in [0, 0.1) is 5.92 Å². The van der Waals surface area contributed by atoms with Crippen molar-refractivity contribution in [1.82, 2.24) is 4.98 Å². The molecule has 0 amide bonds.